The van der Waals surface area contributed by atoms with Crippen LogP contribution in [-0.2, 0) is 22.9 Å². The van der Waals surface area contributed by atoms with Gasteiger partial charge in [-0.25, -0.2) is 4.57 Å². The first-order chi connectivity index (χ1) is 16.6. The van der Waals surface area contributed by atoms with E-state index in [0.717, 1.165) is 5.56 Å². The lowest BCUT2D eigenvalue weighted by Crippen LogP contribution is -2.44. The minimum Gasteiger partial charge on any atom is -0.387 e. The number of hydrogen-bond acceptors (Lipinski definition) is 11. The van der Waals surface area contributed by atoms with Crippen molar-refractivity contribution in [3.05, 3.63) is 47.1 Å². The number of phosphoric acid groups is 1. The van der Waals surface area contributed by atoms with Crippen molar-refractivity contribution in [1.82, 2.24) is 14.5 Å². The van der Waals surface area contributed by atoms with Gasteiger partial charge in [-0.05, 0) is 30.7 Å². The average Bonchev–Trinajstić information content (AvgIpc) is 3.31. The number of ether oxygens (including phenoxy) is 1. The van der Waals surface area contributed by atoms with Gasteiger partial charge in [-0.3, -0.25) is 13.6 Å². The van der Waals surface area contributed by atoms with Crippen LogP contribution in [0.3, 0.4) is 0 Å². The third-order valence-electron chi connectivity index (χ3n) is 6.13. The van der Waals surface area contributed by atoms with Crippen molar-refractivity contribution in [1.29, 1.82) is 0 Å². The number of phosphoric ester groups is 1. The first kappa shape index (κ1) is 24.4. The molecule has 2 aliphatic rings. The second-order valence-corrected chi connectivity index (χ2v) is 10.7. The van der Waals surface area contributed by atoms with Crippen LogP contribution in [0.5, 0.6) is 0 Å². The van der Waals surface area contributed by atoms with E-state index in [1.807, 2.05) is 6.07 Å². The number of nitrogens with two attached hydrogens (primary N) is 2. The summed E-state index contributed by atoms with van der Waals surface area (Å²) in [6.45, 7) is 1.18. The maximum Gasteiger partial charge on any atom is 0.475 e. The Kier molecular flexibility index (Phi) is 6.27. The number of nitrogen functional groups attached to an aromatic ring is 2. The molecule has 0 saturated carbocycles. The zero-order chi connectivity index (χ0) is 25.0. The third-order valence-corrected chi connectivity index (χ3v) is 7.84. The number of hydrogen-bond donors (Lipinski definition) is 4. The highest BCUT2D eigenvalue weighted by atomic mass is 35.5. The molecule has 5 rings (SSSR count). The smallest absolute Gasteiger partial charge is 0.387 e. The van der Waals surface area contributed by atoms with E-state index in [1.165, 1.54) is 11.5 Å². The van der Waals surface area contributed by atoms with Crippen LogP contribution >= 0.6 is 19.4 Å². The van der Waals surface area contributed by atoms with Crippen molar-refractivity contribution in [3.8, 4) is 0 Å². The zero-order valence-electron chi connectivity index (χ0n) is 18.7. The van der Waals surface area contributed by atoms with Crippen LogP contribution in [0.2, 0.25) is 5.02 Å². The number of nitrogens with zero attached hydrogens (tertiary/aromatic N) is 3. The molecule has 2 aromatic heterocycles. The van der Waals surface area contributed by atoms with Crippen LogP contribution < -0.4 is 11.5 Å². The summed E-state index contributed by atoms with van der Waals surface area (Å²) >= 11 is 6.06. The lowest BCUT2D eigenvalue weighted by atomic mass is 9.96. The Bertz CT molecular complexity index is 1300. The van der Waals surface area contributed by atoms with Gasteiger partial charge < -0.3 is 31.0 Å². The highest BCUT2D eigenvalue weighted by Gasteiger charge is 2.54. The molecule has 0 aliphatic carbocycles. The number of benzene rings is 1. The maximum absolute atomic E-state index is 13.1. The molecule has 2 fully saturated rings. The van der Waals surface area contributed by atoms with E-state index in [9.17, 15) is 14.8 Å². The Morgan fingerprint density at radius 3 is 2.91 bits per heavy atom. The minimum absolute atomic E-state index is 0.0491. The van der Waals surface area contributed by atoms with Crippen LogP contribution in [0.4, 0.5) is 11.8 Å². The van der Waals surface area contributed by atoms with Gasteiger partial charge in [-0.2, -0.15) is 9.97 Å². The lowest BCUT2D eigenvalue weighted by molar-refractivity contribution is -0.0950. The standard InChI is InChI=1S/C21H25ClN5O7P/c1-21(29)16(28)15(33-19(21)27-7-5-13-17(23)25-20(24)26-18(13)27)10-32-35(30)31-8-6-14(34-35)11-3-2-4-12(22)9-11/h2-5,7,9,14-16,19,28-29H,6,8,10H2,1H3,(H4,23,24,25,26)/t14-,15+,16+,19+,21+,35+/m0/s1. The molecule has 3 aromatic rings. The second-order valence-electron chi connectivity index (χ2n) is 8.64. The monoisotopic (exact) mass is 525 g/mol. The molecule has 0 bridgehead atoms. The summed E-state index contributed by atoms with van der Waals surface area (Å²) in [6.07, 6.45) is -2.03. The normalized spacial score (nSPS) is 33.4. The van der Waals surface area contributed by atoms with E-state index in [0.29, 0.717) is 22.5 Å². The van der Waals surface area contributed by atoms with Gasteiger partial charge in [0, 0.05) is 17.6 Å². The van der Waals surface area contributed by atoms with Gasteiger partial charge in [0.1, 0.15) is 29.3 Å². The summed E-state index contributed by atoms with van der Waals surface area (Å²) in [5, 5.41) is 22.9. The molecule has 1 aromatic carbocycles. The average molecular weight is 526 g/mol. The van der Waals surface area contributed by atoms with Gasteiger partial charge in [0.2, 0.25) is 5.95 Å². The van der Waals surface area contributed by atoms with Crippen molar-refractivity contribution < 1.29 is 33.1 Å². The van der Waals surface area contributed by atoms with E-state index in [2.05, 4.69) is 9.97 Å². The van der Waals surface area contributed by atoms with E-state index < -0.39 is 38.0 Å². The SMILES string of the molecule is C[C@@]1(O)[C@H](O)[C@@H](CO[P@@]2(=O)OCC[C@@H](c3cccc(Cl)c3)O2)O[C@H]1n1ccc2c(N)nc(N)nc21. The Labute approximate surface area is 205 Å². The highest BCUT2D eigenvalue weighted by Crippen LogP contribution is 2.57. The van der Waals surface area contributed by atoms with Crippen molar-refractivity contribution in [2.24, 2.45) is 0 Å². The maximum atomic E-state index is 13.1. The minimum atomic E-state index is -3.98. The molecule has 4 heterocycles. The van der Waals surface area contributed by atoms with Gasteiger partial charge in [0.25, 0.3) is 0 Å². The van der Waals surface area contributed by atoms with E-state index >= 15 is 0 Å². The molecule has 14 heteroatoms. The molecule has 0 unspecified atom stereocenters. The van der Waals surface area contributed by atoms with Crippen LogP contribution in [0.1, 0.15) is 31.2 Å². The number of aliphatic hydroxyl groups is 2. The summed E-state index contributed by atoms with van der Waals surface area (Å²) in [6, 6.07) is 8.67. The van der Waals surface area contributed by atoms with Crippen LogP contribution in [0, 0.1) is 0 Å². The molecule has 12 nitrogen and oxygen atoms in total. The number of aliphatic hydroxyl groups excluding tert-OH is 1. The summed E-state index contributed by atoms with van der Waals surface area (Å²) in [5.41, 5.74) is 10.9. The predicted molar refractivity (Wildman–Crippen MR) is 126 cm³/mol. The summed E-state index contributed by atoms with van der Waals surface area (Å²) in [4.78, 5) is 8.10. The quantitative estimate of drug-likeness (QED) is 0.360. The van der Waals surface area contributed by atoms with E-state index in [1.54, 1.807) is 30.5 Å². The van der Waals surface area contributed by atoms with Gasteiger partial charge in [-0.15, -0.1) is 0 Å². The van der Waals surface area contributed by atoms with Crippen LogP contribution in [0.15, 0.2) is 36.5 Å². The molecular formula is C21H25ClN5O7P. The molecule has 2 saturated heterocycles. The second kappa shape index (κ2) is 8.99. The van der Waals surface area contributed by atoms with Crippen LogP contribution in [0.25, 0.3) is 11.0 Å². The number of rotatable bonds is 5. The van der Waals surface area contributed by atoms with E-state index in [4.69, 9.17) is 41.4 Å². The molecule has 2 aliphatic heterocycles. The first-order valence-electron chi connectivity index (χ1n) is 10.9. The fourth-order valence-corrected chi connectivity index (χ4v) is 5.91. The van der Waals surface area contributed by atoms with Crippen LogP contribution in [-0.4, -0.2) is 55.8 Å². The Balaban J connectivity index is 1.32. The summed E-state index contributed by atoms with van der Waals surface area (Å²) < 4.78 is 37.0. The molecular weight excluding hydrogens is 501 g/mol. The first-order valence-corrected chi connectivity index (χ1v) is 12.7. The van der Waals surface area contributed by atoms with Gasteiger partial charge in [0.15, 0.2) is 6.23 Å². The summed E-state index contributed by atoms with van der Waals surface area (Å²) in [5.74, 6) is 0.121. The molecule has 6 atom stereocenters. The van der Waals surface area contributed by atoms with E-state index in [-0.39, 0.29) is 25.0 Å². The molecule has 35 heavy (non-hydrogen) atoms. The molecule has 188 valence electrons. The van der Waals surface area contributed by atoms with Crippen molar-refractivity contribution >= 4 is 42.2 Å². The molecule has 0 spiro atoms. The molecule has 0 amide bonds. The van der Waals surface area contributed by atoms with Gasteiger partial charge >= 0.3 is 7.82 Å². The largest absolute Gasteiger partial charge is 0.475 e. The predicted octanol–water partition coefficient (Wildman–Crippen LogP) is 2.56. The highest BCUT2D eigenvalue weighted by molar-refractivity contribution is 7.48. The van der Waals surface area contributed by atoms with Crippen molar-refractivity contribution in [3.63, 3.8) is 0 Å². The molecule has 6 N–H and O–H groups in total. The Hall–Kier alpha value is -2.28. The third kappa shape index (κ3) is 4.52. The Morgan fingerprint density at radius 2 is 2.14 bits per heavy atom. The van der Waals surface area contributed by atoms with Gasteiger partial charge in [-0.1, -0.05) is 23.7 Å². The fourth-order valence-electron chi connectivity index (χ4n) is 4.32. The number of halogens is 1. The van der Waals surface area contributed by atoms with Crippen molar-refractivity contribution in [2.45, 2.75) is 43.5 Å². The summed E-state index contributed by atoms with van der Waals surface area (Å²) in [7, 11) is -3.98. The topological polar surface area (TPSA) is 177 Å². The fraction of sp³-hybridized carbons (Fsp3) is 0.429. The molecule has 0 radical (unpaired) electrons. The van der Waals surface area contributed by atoms with Crippen molar-refractivity contribution in [2.75, 3.05) is 24.7 Å². The zero-order valence-corrected chi connectivity index (χ0v) is 20.3. The lowest BCUT2D eigenvalue weighted by Gasteiger charge is -2.30. The van der Waals surface area contributed by atoms with Gasteiger partial charge in [0.05, 0.1) is 24.7 Å². The Morgan fingerprint density at radius 1 is 1.34 bits per heavy atom. The number of fused-ring (bicyclic) bond motifs is 1. The number of anilines is 2. The number of aromatic nitrogens is 3.